The highest BCUT2D eigenvalue weighted by Crippen LogP contribution is 2.38. The molecule has 4 aromatic rings. The number of furan rings is 1. The molecule has 6 heteroatoms. The first kappa shape index (κ1) is 16.4. The fourth-order valence-corrected chi connectivity index (χ4v) is 3.27. The summed E-state index contributed by atoms with van der Waals surface area (Å²) in [4.78, 5) is 17.2. The fraction of sp³-hybridized carbons (Fsp3) is 0.0909. The van der Waals surface area contributed by atoms with Crippen LogP contribution in [0.4, 0.5) is 0 Å². The molecule has 0 saturated carbocycles. The first-order chi connectivity index (χ1) is 13.8. The number of carbonyl (C=O) groups is 1. The molecule has 5 rings (SSSR count). The maximum Gasteiger partial charge on any atom is 0.375 e. The van der Waals surface area contributed by atoms with Gasteiger partial charge in [0.1, 0.15) is 0 Å². The zero-order valence-corrected chi connectivity index (χ0v) is 14.7. The predicted octanol–water partition coefficient (Wildman–Crippen LogP) is 4.50. The Morgan fingerprint density at radius 2 is 1.89 bits per heavy atom. The Kier molecular flexibility index (Phi) is 3.94. The molecule has 0 saturated heterocycles. The number of rotatable bonds is 4. The topological polar surface area (TPSA) is 70.8 Å². The number of hydrogen-bond acceptors (Lipinski definition) is 6. The lowest BCUT2D eigenvalue weighted by atomic mass is 10.0. The third-order valence-corrected chi connectivity index (χ3v) is 4.60. The van der Waals surface area contributed by atoms with Crippen molar-refractivity contribution in [2.45, 2.75) is 6.10 Å². The van der Waals surface area contributed by atoms with Crippen molar-refractivity contribution < 1.29 is 23.4 Å². The lowest BCUT2D eigenvalue weighted by Gasteiger charge is -2.19. The standard InChI is InChI=1S/C22H15NO5/c24-22(18-6-3-11-25-18)28-21(15-7-8-17-19(12-15)27-13-26-17)20-16-5-2-1-4-14(16)9-10-23-20/h1-12,21H,13H2/t21-/m1/s1. The molecular formula is C22H15NO5. The maximum absolute atomic E-state index is 12.6. The van der Waals surface area contributed by atoms with E-state index in [9.17, 15) is 4.79 Å². The molecule has 1 aliphatic heterocycles. The van der Waals surface area contributed by atoms with Crippen LogP contribution in [0.3, 0.4) is 0 Å². The summed E-state index contributed by atoms with van der Waals surface area (Å²) in [6.07, 6.45) is 2.40. The number of nitrogens with zero attached hydrogens (tertiary/aromatic N) is 1. The number of fused-ring (bicyclic) bond motifs is 2. The van der Waals surface area contributed by atoms with Gasteiger partial charge in [-0.25, -0.2) is 4.79 Å². The summed E-state index contributed by atoms with van der Waals surface area (Å²) >= 11 is 0. The van der Waals surface area contributed by atoms with Crippen molar-refractivity contribution in [3.8, 4) is 11.5 Å². The number of carbonyl (C=O) groups excluding carboxylic acids is 1. The van der Waals surface area contributed by atoms with Gasteiger partial charge >= 0.3 is 5.97 Å². The fourth-order valence-electron chi connectivity index (χ4n) is 3.27. The van der Waals surface area contributed by atoms with Gasteiger partial charge in [0.2, 0.25) is 12.6 Å². The predicted molar refractivity (Wildman–Crippen MR) is 100 cm³/mol. The molecule has 0 spiro atoms. The minimum absolute atomic E-state index is 0.131. The molecule has 2 aromatic carbocycles. The number of aromatic nitrogens is 1. The van der Waals surface area contributed by atoms with Crippen molar-refractivity contribution >= 4 is 16.7 Å². The number of ether oxygens (including phenoxy) is 3. The van der Waals surface area contributed by atoms with E-state index in [4.69, 9.17) is 18.6 Å². The number of benzene rings is 2. The van der Waals surface area contributed by atoms with Crippen LogP contribution in [0.1, 0.15) is 27.9 Å². The van der Waals surface area contributed by atoms with E-state index in [1.165, 1.54) is 6.26 Å². The van der Waals surface area contributed by atoms with E-state index in [-0.39, 0.29) is 12.6 Å². The van der Waals surface area contributed by atoms with Gasteiger partial charge in [-0.3, -0.25) is 4.98 Å². The van der Waals surface area contributed by atoms with Crippen molar-refractivity contribution in [2.75, 3.05) is 6.79 Å². The third kappa shape index (κ3) is 2.85. The van der Waals surface area contributed by atoms with Crippen molar-refractivity contribution in [3.63, 3.8) is 0 Å². The second-order valence-electron chi connectivity index (χ2n) is 6.29. The third-order valence-electron chi connectivity index (χ3n) is 4.60. The van der Waals surface area contributed by atoms with Crippen LogP contribution in [-0.4, -0.2) is 17.7 Å². The van der Waals surface area contributed by atoms with Crippen molar-refractivity contribution in [1.29, 1.82) is 0 Å². The maximum atomic E-state index is 12.6. The average Bonchev–Trinajstić information content (AvgIpc) is 3.43. The van der Waals surface area contributed by atoms with Gasteiger partial charge in [-0.2, -0.15) is 0 Å². The molecular weight excluding hydrogens is 358 g/mol. The van der Waals surface area contributed by atoms with E-state index in [2.05, 4.69) is 4.98 Å². The van der Waals surface area contributed by atoms with Crippen LogP contribution in [0.5, 0.6) is 11.5 Å². The van der Waals surface area contributed by atoms with Crippen LogP contribution in [0.25, 0.3) is 10.8 Å². The van der Waals surface area contributed by atoms with Gasteiger partial charge in [0.25, 0.3) is 0 Å². The average molecular weight is 373 g/mol. The molecule has 0 N–H and O–H groups in total. The van der Waals surface area contributed by atoms with Crippen LogP contribution >= 0.6 is 0 Å². The Balaban J connectivity index is 1.63. The van der Waals surface area contributed by atoms with E-state index < -0.39 is 12.1 Å². The van der Waals surface area contributed by atoms with E-state index in [0.717, 1.165) is 16.3 Å². The van der Waals surface area contributed by atoms with Crippen molar-refractivity contribution in [2.24, 2.45) is 0 Å². The largest absolute Gasteiger partial charge is 0.457 e. The second kappa shape index (κ2) is 6.74. The van der Waals surface area contributed by atoms with E-state index in [1.54, 1.807) is 24.4 Å². The molecule has 0 amide bonds. The molecule has 3 heterocycles. The Morgan fingerprint density at radius 1 is 1.00 bits per heavy atom. The first-order valence-electron chi connectivity index (χ1n) is 8.77. The van der Waals surface area contributed by atoms with Gasteiger partial charge in [-0.05, 0) is 35.7 Å². The van der Waals surface area contributed by atoms with Crippen LogP contribution in [0, 0.1) is 0 Å². The Labute approximate surface area is 160 Å². The summed E-state index contributed by atoms with van der Waals surface area (Å²) in [6.45, 7) is 0.169. The lowest BCUT2D eigenvalue weighted by Crippen LogP contribution is -2.14. The summed E-state index contributed by atoms with van der Waals surface area (Å²) in [7, 11) is 0. The molecule has 1 atom stereocenters. The summed E-state index contributed by atoms with van der Waals surface area (Å²) in [5.74, 6) is 0.830. The first-order valence-corrected chi connectivity index (χ1v) is 8.77. The normalized spacial score (nSPS) is 13.4. The minimum Gasteiger partial charge on any atom is -0.457 e. The van der Waals surface area contributed by atoms with Crippen LogP contribution < -0.4 is 9.47 Å². The smallest absolute Gasteiger partial charge is 0.375 e. The molecule has 138 valence electrons. The van der Waals surface area contributed by atoms with Gasteiger partial charge in [-0.15, -0.1) is 0 Å². The molecule has 1 aliphatic rings. The van der Waals surface area contributed by atoms with Gasteiger partial charge < -0.3 is 18.6 Å². The molecule has 2 aromatic heterocycles. The molecule has 6 nitrogen and oxygen atoms in total. The highest BCUT2D eigenvalue weighted by Gasteiger charge is 2.26. The Hall–Kier alpha value is -3.80. The number of hydrogen-bond donors (Lipinski definition) is 0. The summed E-state index contributed by atoms with van der Waals surface area (Å²) in [6, 6.07) is 18.4. The van der Waals surface area contributed by atoms with Gasteiger partial charge in [0.05, 0.1) is 12.0 Å². The Morgan fingerprint density at radius 3 is 2.79 bits per heavy atom. The molecule has 0 radical (unpaired) electrons. The van der Waals surface area contributed by atoms with Gasteiger partial charge in [0, 0.05) is 17.1 Å². The Bertz CT molecular complexity index is 1150. The van der Waals surface area contributed by atoms with Gasteiger partial charge in [0.15, 0.2) is 17.6 Å². The SMILES string of the molecule is O=C(O[C@H](c1ccc2c(c1)OCO2)c1nccc2ccccc12)c1ccco1. The van der Waals surface area contributed by atoms with E-state index in [0.29, 0.717) is 17.2 Å². The van der Waals surface area contributed by atoms with Gasteiger partial charge in [-0.1, -0.05) is 30.3 Å². The summed E-state index contributed by atoms with van der Waals surface area (Å²) < 4.78 is 21.9. The zero-order chi connectivity index (χ0) is 18.9. The van der Waals surface area contributed by atoms with E-state index in [1.807, 2.05) is 42.5 Å². The van der Waals surface area contributed by atoms with Crippen molar-refractivity contribution in [1.82, 2.24) is 4.98 Å². The molecule has 28 heavy (non-hydrogen) atoms. The van der Waals surface area contributed by atoms with Crippen LogP contribution in [-0.2, 0) is 4.74 Å². The molecule has 0 bridgehead atoms. The highest BCUT2D eigenvalue weighted by molar-refractivity contribution is 5.88. The minimum atomic E-state index is -0.738. The number of pyridine rings is 1. The second-order valence-corrected chi connectivity index (χ2v) is 6.29. The highest BCUT2D eigenvalue weighted by atomic mass is 16.7. The number of esters is 1. The van der Waals surface area contributed by atoms with Crippen LogP contribution in [0.2, 0.25) is 0 Å². The van der Waals surface area contributed by atoms with Crippen molar-refractivity contribution in [3.05, 3.63) is 90.1 Å². The summed E-state index contributed by atoms with van der Waals surface area (Å²) in [5, 5.41) is 1.91. The lowest BCUT2D eigenvalue weighted by molar-refractivity contribution is 0.0336. The molecule has 0 fully saturated rings. The zero-order valence-electron chi connectivity index (χ0n) is 14.7. The quantitative estimate of drug-likeness (QED) is 0.491. The monoisotopic (exact) mass is 373 g/mol. The van der Waals surface area contributed by atoms with Crippen LogP contribution in [0.15, 0.2) is 77.5 Å². The molecule has 0 unspecified atom stereocenters. The van der Waals surface area contributed by atoms with E-state index >= 15 is 0 Å². The summed E-state index contributed by atoms with van der Waals surface area (Å²) in [5.41, 5.74) is 1.37. The molecule has 0 aliphatic carbocycles.